The van der Waals surface area contributed by atoms with Crippen molar-refractivity contribution in [1.82, 2.24) is 0 Å². The molecule has 2 rings (SSSR count). The van der Waals surface area contributed by atoms with Crippen LogP contribution in [-0.2, 0) is 14.4 Å². The largest absolute Gasteiger partial charge is 0.441 e. The van der Waals surface area contributed by atoms with Crippen molar-refractivity contribution in [1.29, 1.82) is 0 Å². The van der Waals surface area contributed by atoms with E-state index < -0.39 is 12.9 Å². The number of carbonyl (C=O) groups is 1. The van der Waals surface area contributed by atoms with Crippen molar-refractivity contribution >= 4 is 6.47 Å². The number of benzene rings is 2. The average Bonchev–Trinajstić information content (AvgIpc) is 2.52. The highest BCUT2D eigenvalue weighted by molar-refractivity contribution is 5.36. The van der Waals surface area contributed by atoms with Crippen LogP contribution in [0.5, 0.6) is 0 Å². The third-order valence-corrected chi connectivity index (χ3v) is 2.73. The molecule has 0 amide bonds. The van der Waals surface area contributed by atoms with Crippen LogP contribution in [0.25, 0.3) is 0 Å². The molecule has 112 valence electrons. The van der Waals surface area contributed by atoms with Crippen LogP contribution < -0.4 is 0 Å². The zero-order valence-corrected chi connectivity index (χ0v) is 11.7. The van der Waals surface area contributed by atoms with Gasteiger partial charge in [0.05, 0.1) is 0 Å². The Morgan fingerprint density at radius 3 is 2.05 bits per heavy atom. The second kappa shape index (κ2) is 9.66. The van der Waals surface area contributed by atoms with E-state index in [0.717, 1.165) is 11.1 Å². The zero-order chi connectivity index (χ0) is 15.5. The molecule has 1 unspecified atom stereocenters. The van der Waals surface area contributed by atoms with Crippen molar-refractivity contribution in [3.05, 3.63) is 71.3 Å². The molecule has 2 N–H and O–H groups in total. The molecule has 0 heterocycles. The van der Waals surface area contributed by atoms with Crippen molar-refractivity contribution in [2.75, 3.05) is 6.79 Å². The zero-order valence-electron chi connectivity index (χ0n) is 11.7. The molecule has 0 saturated heterocycles. The molecule has 0 spiro atoms. The summed E-state index contributed by atoms with van der Waals surface area (Å²) in [7, 11) is 0. The van der Waals surface area contributed by atoms with Gasteiger partial charge < -0.3 is 9.84 Å². The molecule has 0 radical (unpaired) electrons. The number of ether oxygens (including phenoxy) is 1. The Morgan fingerprint density at radius 1 is 1.05 bits per heavy atom. The second-order valence-electron chi connectivity index (χ2n) is 4.20. The molecule has 21 heavy (non-hydrogen) atoms. The molecule has 0 fully saturated rings. The first-order chi connectivity index (χ1) is 10.2. The first-order valence-electron chi connectivity index (χ1n) is 6.30. The van der Waals surface area contributed by atoms with E-state index in [0.29, 0.717) is 0 Å². The maximum Gasteiger partial charge on any atom is 0.295 e. The summed E-state index contributed by atoms with van der Waals surface area (Å²) in [5.41, 5.74) is 3.07. The van der Waals surface area contributed by atoms with Crippen LogP contribution in [0.4, 0.5) is 0 Å². The van der Waals surface area contributed by atoms with Gasteiger partial charge >= 0.3 is 0 Å². The van der Waals surface area contributed by atoms with Gasteiger partial charge in [0.15, 0.2) is 6.79 Å². The predicted molar refractivity (Wildman–Crippen MR) is 77.4 cm³/mol. The Morgan fingerprint density at radius 2 is 1.62 bits per heavy atom. The fourth-order valence-corrected chi connectivity index (χ4v) is 1.71. The molecule has 2 aromatic carbocycles. The van der Waals surface area contributed by atoms with Crippen molar-refractivity contribution in [3.63, 3.8) is 0 Å². The Balaban J connectivity index is 0.000000383. The maximum atomic E-state index is 9.02. The lowest BCUT2D eigenvalue weighted by atomic mass is 10.0. The summed E-state index contributed by atoms with van der Waals surface area (Å²) in [6, 6.07) is 17.6. The monoisotopic (exact) mass is 290 g/mol. The highest BCUT2D eigenvalue weighted by Crippen LogP contribution is 2.24. The quantitative estimate of drug-likeness (QED) is 0.383. The average molecular weight is 290 g/mol. The van der Waals surface area contributed by atoms with Crippen molar-refractivity contribution in [2.45, 2.75) is 13.0 Å². The van der Waals surface area contributed by atoms with E-state index >= 15 is 0 Å². The lowest BCUT2D eigenvalue weighted by molar-refractivity contribution is -0.270. The molecule has 0 aliphatic heterocycles. The molecule has 0 aliphatic carbocycles. The van der Waals surface area contributed by atoms with Gasteiger partial charge in [-0.3, -0.25) is 10.1 Å². The van der Waals surface area contributed by atoms with Gasteiger partial charge in [0.1, 0.15) is 6.10 Å². The van der Waals surface area contributed by atoms with E-state index in [1.165, 1.54) is 5.56 Å². The van der Waals surface area contributed by atoms with Gasteiger partial charge in [-0.25, -0.2) is 4.89 Å². The number of aliphatic hydroxyl groups excluding tert-OH is 1. The van der Waals surface area contributed by atoms with Gasteiger partial charge in [-0.05, 0) is 18.1 Å². The fourth-order valence-electron chi connectivity index (χ4n) is 1.71. The topological polar surface area (TPSA) is 76.0 Å². The predicted octanol–water partition coefficient (Wildman–Crippen LogP) is 2.68. The minimum atomic E-state index is -0.524. The molecule has 0 bridgehead atoms. The Kier molecular flexibility index (Phi) is 7.74. The summed E-state index contributed by atoms with van der Waals surface area (Å²) < 4.78 is 3.71. The highest BCUT2D eigenvalue weighted by atomic mass is 17.1. The van der Waals surface area contributed by atoms with Crippen LogP contribution in [0.2, 0.25) is 0 Å². The van der Waals surface area contributed by atoms with Gasteiger partial charge in [0, 0.05) is 0 Å². The Hall–Kier alpha value is -2.21. The second-order valence-corrected chi connectivity index (χ2v) is 4.20. The number of hydrogen-bond donors (Lipinski definition) is 2. The number of hydrogen-bond acceptors (Lipinski definition) is 5. The van der Waals surface area contributed by atoms with Crippen LogP contribution in [-0.4, -0.2) is 23.6 Å². The van der Waals surface area contributed by atoms with Gasteiger partial charge in [-0.1, -0.05) is 60.2 Å². The van der Waals surface area contributed by atoms with Crippen LogP contribution in [0.3, 0.4) is 0 Å². The van der Waals surface area contributed by atoms with Crippen LogP contribution in [0, 0.1) is 6.92 Å². The van der Waals surface area contributed by atoms with E-state index in [1.807, 2.05) is 61.5 Å². The summed E-state index contributed by atoms with van der Waals surface area (Å²) in [6.07, 6.45) is -0.415. The summed E-state index contributed by atoms with van der Waals surface area (Å²) in [6.45, 7) is 1.69. The first-order valence-corrected chi connectivity index (χ1v) is 6.30. The Bertz CT molecular complexity index is 510. The lowest BCUT2D eigenvalue weighted by Gasteiger charge is -2.14. The summed E-state index contributed by atoms with van der Waals surface area (Å²) >= 11 is 0. The van der Waals surface area contributed by atoms with Crippen molar-refractivity contribution in [3.8, 4) is 0 Å². The lowest BCUT2D eigenvalue weighted by Crippen LogP contribution is -2.03. The summed E-state index contributed by atoms with van der Waals surface area (Å²) in [5.74, 6) is 0. The minimum absolute atomic E-state index is 0.181. The Labute approximate surface area is 123 Å². The smallest absolute Gasteiger partial charge is 0.295 e. The summed E-state index contributed by atoms with van der Waals surface area (Å²) in [4.78, 5) is 13.6. The third kappa shape index (κ3) is 5.74. The highest BCUT2D eigenvalue weighted by Gasteiger charge is 2.13. The van der Waals surface area contributed by atoms with Crippen LogP contribution in [0.1, 0.15) is 22.8 Å². The minimum Gasteiger partial charge on any atom is -0.441 e. The number of rotatable bonds is 5. The third-order valence-electron chi connectivity index (χ3n) is 2.73. The number of aryl methyl sites for hydroxylation is 1. The first kappa shape index (κ1) is 16.8. The molecule has 0 aliphatic rings. The van der Waals surface area contributed by atoms with Crippen molar-refractivity contribution < 1.29 is 24.8 Å². The van der Waals surface area contributed by atoms with Crippen LogP contribution in [0.15, 0.2) is 54.6 Å². The van der Waals surface area contributed by atoms with Crippen molar-refractivity contribution in [2.24, 2.45) is 0 Å². The normalized spacial score (nSPS) is 11.0. The van der Waals surface area contributed by atoms with E-state index in [1.54, 1.807) is 0 Å². The SMILES string of the molecule is Cc1ccc(C(OO)c2ccccc2)cc1.O=COCO. The standard InChI is InChI=1S/C14H14O2.C2H4O3/c1-11-7-9-13(10-8-11)14(16-15)12-5-3-2-4-6-12;3-1-5-2-4/h2-10,14-15H,1H3;1,4H,2H2. The number of carbonyl (C=O) groups excluding carboxylic acids is 1. The molecule has 2 aromatic rings. The number of aliphatic hydroxyl groups is 1. The van der Waals surface area contributed by atoms with E-state index in [9.17, 15) is 0 Å². The molecule has 5 heteroatoms. The molecular weight excluding hydrogens is 272 g/mol. The van der Waals surface area contributed by atoms with E-state index in [4.69, 9.17) is 15.2 Å². The van der Waals surface area contributed by atoms with Gasteiger partial charge in [0.2, 0.25) is 0 Å². The molecule has 5 nitrogen and oxygen atoms in total. The molecule has 1 atom stereocenters. The van der Waals surface area contributed by atoms with E-state index in [-0.39, 0.29) is 6.47 Å². The summed E-state index contributed by atoms with van der Waals surface area (Å²) in [5, 5.41) is 16.6. The van der Waals surface area contributed by atoms with Gasteiger partial charge in [-0.15, -0.1) is 0 Å². The molecule has 0 saturated carbocycles. The maximum absolute atomic E-state index is 9.02. The van der Waals surface area contributed by atoms with E-state index in [2.05, 4.69) is 9.62 Å². The van der Waals surface area contributed by atoms with Gasteiger partial charge in [0.25, 0.3) is 6.47 Å². The molecular formula is C16H18O5. The van der Waals surface area contributed by atoms with Gasteiger partial charge in [-0.2, -0.15) is 0 Å². The van der Waals surface area contributed by atoms with Crippen LogP contribution >= 0.6 is 0 Å². The fraction of sp³-hybridized carbons (Fsp3) is 0.188. The molecule has 0 aromatic heterocycles.